The molecule has 82 valence electrons. The van der Waals surface area contributed by atoms with Crippen LogP contribution in [0.25, 0.3) is 10.8 Å². The van der Waals surface area contributed by atoms with Gasteiger partial charge in [-0.15, -0.1) is 0 Å². The van der Waals surface area contributed by atoms with E-state index in [2.05, 4.69) is 44.4 Å². The number of rotatable bonds is 3. The number of nitrogens with zero attached hydrogens (tertiary/aromatic N) is 1. The number of nitrogens with one attached hydrogen (secondary N) is 1. The van der Waals surface area contributed by atoms with Crippen molar-refractivity contribution in [3.63, 3.8) is 0 Å². The molecule has 3 heteroatoms. The van der Waals surface area contributed by atoms with Gasteiger partial charge in [0, 0.05) is 28.0 Å². The highest BCUT2D eigenvalue weighted by molar-refractivity contribution is 9.10. The van der Waals surface area contributed by atoms with Crippen LogP contribution in [0.5, 0.6) is 0 Å². The van der Waals surface area contributed by atoms with Gasteiger partial charge in [-0.2, -0.15) is 0 Å². The third kappa shape index (κ3) is 1.92. The van der Waals surface area contributed by atoms with Gasteiger partial charge in [0.25, 0.3) is 0 Å². The molecule has 0 unspecified atom stereocenters. The number of aromatic nitrogens is 1. The van der Waals surface area contributed by atoms with Gasteiger partial charge in [0.05, 0.1) is 0 Å². The van der Waals surface area contributed by atoms with E-state index in [1.165, 1.54) is 23.6 Å². The molecule has 1 N–H and O–H groups in total. The number of pyridine rings is 1. The Bertz CT molecular complexity index is 520. The van der Waals surface area contributed by atoms with Crippen molar-refractivity contribution in [2.45, 2.75) is 12.8 Å². The van der Waals surface area contributed by atoms with E-state index in [0.29, 0.717) is 0 Å². The summed E-state index contributed by atoms with van der Waals surface area (Å²) < 4.78 is 1.13. The van der Waals surface area contributed by atoms with Crippen LogP contribution in [0.15, 0.2) is 34.9 Å². The van der Waals surface area contributed by atoms with Crippen molar-refractivity contribution in [2.24, 2.45) is 5.92 Å². The van der Waals surface area contributed by atoms with Gasteiger partial charge in [0.1, 0.15) is 5.82 Å². The fraction of sp³-hybridized carbons (Fsp3) is 0.308. The summed E-state index contributed by atoms with van der Waals surface area (Å²) in [6, 6.07) is 8.27. The minimum absolute atomic E-state index is 0.865. The topological polar surface area (TPSA) is 24.9 Å². The summed E-state index contributed by atoms with van der Waals surface area (Å²) in [6.07, 6.45) is 4.59. The maximum Gasteiger partial charge on any atom is 0.133 e. The van der Waals surface area contributed by atoms with Gasteiger partial charge in [-0.1, -0.05) is 28.1 Å². The molecule has 0 bridgehead atoms. The van der Waals surface area contributed by atoms with E-state index in [1.54, 1.807) is 0 Å². The molecule has 1 aromatic heterocycles. The second-order valence-corrected chi connectivity index (χ2v) is 5.17. The third-order valence-electron chi connectivity index (χ3n) is 3.01. The lowest BCUT2D eigenvalue weighted by Crippen LogP contribution is -2.05. The monoisotopic (exact) mass is 276 g/mol. The van der Waals surface area contributed by atoms with Gasteiger partial charge >= 0.3 is 0 Å². The van der Waals surface area contributed by atoms with E-state index >= 15 is 0 Å². The van der Waals surface area contributed by atoms with Crippen molar-refractivity contribution in [3.05, 3.63) is 34.9 Å². The molecule has 2 nitrogen and oxygen atoms in total. The number of halogens is 1. The summed E-state index contributed by atoms with van der Waals surface area (Å²) in [6.45, 7) is 1.05. The molecule has 1 fully saturated rings. The van der Waals surface area contributed by atoms with Crippen molar-refractivity contribution in [3.8, 4) is 0 Å². The SMILES string of the molecule is Brc1cccc2c(NCC3CC3)nccc12. The smallest absolute Gasteiger partial charge is 0.133 e. The van der Waals surface area contributed by atoms with Crippen LogP contribution >= 0.6 is 15.9 Å². The molecule has 1 aromatic carbocycles. The average Bonchev–Trinajstić information content (AvgIpc) is 3.11. The molecule has 1 aliphatic rings. The fourth-order valence-electron chi connectivity index (χ4n) is 1.87. The van der Waals surface area contributed by atoms with Gasteiger partial charge in [-0.05, 0) is 30.9 Å². The molecule has 1 saturated carbocycles. The van der Waals surface area contributed by atoms with Crippen LogP contribution in [-0.2, 0) is 0 Å². The van der Waals surface area contributed by atoms with E-state index < -0.39 is 0 Å². The number of hydrogen-bond acceptors (Lipinski definition) is 2. The first kappa shape index (κ1) is 10.1. The first-order chi connectivity index (χ1) is 7.84. The van der Waals surface area contributed by atoms with Gasteiger partial charge in [0.15, 0.2) is 0 Å². The Hall–Kier alpha value is -1.09. The van der Waals surface area contributed by atoms with Crippen LogP contribution in [0.4, 0.5) is 5.82 Å². The molecule has 16 heavy (non-hydrogen) atoms. The lowest BCUT2D eigenvalue weighted by Gasteiger charge is -2.08. The Morgan fingerprint density at radius 2 is 2.12 bits per heavy atom. The highest BCUT2D eigenvalue weighted by Crippen LogP contribution is 2.31. The van der Waals surface area contributed by atoms with E-state index in [-0.39, 0.29) is 0 Å². The second kappa shape index (κ2) is 4.06. The Balaban J connectivity index is 1.99. The van der Waals surface area contributed by atoms with Crippen LogP contribution in [0.3, 0.4) is 0 Å². The maximum absolute atomic E-state index is 4.42. The zero-order chi connectivity index (χ0) is 11.0. The van der Waals surface area contributed by atoms with Crippen LogP contribution in [0.1, 0.15) is 12.8 Å². The summed E-state index contributed by atoms with van der Waals surface area (Å²) in [5.41, 5.74) is 0. The minimum atomic E-state index is 0.865. The van der Waals surface area contributed by atoms with Gasteiger partial charge < -0.3 is 5.32 Å². The fourth-order valence-corrected chi connectivity index (χ4v) is 2.37. The van der Waals surface area contributed by atoms with Crippen molar-refractivity contribution in [1.82, 2.24) is 4.98 Å². The molecule has 0 spiro atoms. The molecular weight excluding hydrogens is 264 g/mol. The quantitative estimate of drug-likeness (QED) is 0.922. The summed E-state index contributed by atoms with van der Waals surface area (Å²) in [7, 11) is 0. The van der Waals surface area contributed by atoms with Crippen LogP contribution in [0, 0.1) is 5.92 Å². The highest BCUT2D eigenvalue weighted by Gasteiger charge is 2.21. The van der Waals surface area contributed by atoms with Crippen molar-refractivity contribution < 1.29 is 0 Å². The standard InChI is InChI=1S/C13H13BrN2/c14-12-3-1-2-11-10(12)6-7-15-13(11)16-8-9-4-5-9/h1-3,6-7,9H,4-5,8H2,(H,15,16). The summed E-state index contributed by atoms with van der Waals surface area (Å²) >= 11 is 3.57. The van der Waals surface area contributed by atoms with Crippen LogP contribution < -0.4 is 5.32 Å². The van der Waals surface area contributed by atoms with E-state index in [1.807, 2.05) is 12.3 Å². The van der Waals surface area contributed by atoms with Crippen molar-refractivity contribution >= 4 is 32.5 Å². The van der Waals surface area contributed by atoms with E-state index in [9.17, 15) is 0 Å². The first-order valence-electron chi connectivity index (χ1n) is 5.62. The molecule has 1 heterocycles. The lowest BCUT2D eigenvalue weighted by atomic mass is 10.1. The van der Waals surface area contributed by atoms with Gasteiger partial charge in [0.2, 0.25) is 0 Å². The molecule has 0 saturated heterocycles. The molecule has 0 atom stereocenters. The molecular formula is C13H13BrN2. The molecule has 0 amide bonds. The number of hydrogen-bond donors (Lipinski definition) is 1. The zero-order valence-corrected chi connectivity index (χ0v) is 10.5. The molecule has 0 aliphatic heterocycles. The Labute approximate surface area is 103 Å². The molecule has 3 rings (SSSR count). The van der Waals surface area contributed by atoms with E-state index in [0.717, 1.165) is 22.8 Å². The highest BCUT2D eigenvalue weighted by atomic mass is 79.9. The van der Waals surface area contributed by atoms with Crippen molar-refractivity contribution in [2.75, 3.05) is 11.9 Å². The number of fused-ring (bicyclic) bond motifs is 1. The summed E-state index contributed by atoms with van der Waals surface area (Å²) in [4.78, 5) is 4.42. The van der Waals surface area contributed by atoms with Crippen molar-refractivity contribution in [1.29, 1.82) is 0 Å². The number of benzene rings is 1. The average molecular weight is 277 g/mol. The zero-order valence-electron chi connectivity index (χ0n) is 8.91. The normalized spacial score (nSPS) is 15.3. The van der Waals surface area contributed by atoms with Gasteiger partial charge in [-0.3, -0.25) is 0 Å². The predicted molar refractivity (Wildman–Crippen MR) is 70.7 cm³/mol. The third-order valence-corrected chi connectivity index (χ3v) is 3.70. The Morgan fingerprint density at radius 1 is 1.25 bits per heavy atom. The summed E-state index contributed by atoms with van der Waals surface area (Å²) in [5.74, 6) is 1.87. The number of anilines is 1. The largest absolute Gasteiger partial charge is 0.369 e. The minimum Gasteiger partial charge on any atom is -0.369 e. The van der Waals surface area contributed by atoms with Crippen LogP contribution in [-0.4, -0.2) is 11.5 Å². The molecule has 1 aliphatic carbocycles. The lowest BCUT2D eigenvalue weighted by molar-refractivity contribution is 0.885. The second-order valence-electron chi connectivity index (χ2n) is 4.32. The predicted octanol–water partition coefficient (Wildman–Crippen LogP) is 3.82. The first-order valence-corrected chi connectivity index (χ1v) is 6.41. The van der Waals surface area contributed by atoms with Gasteiger partial charge in [-0.25, -0.2) is 4.98 Å². The molecule has 0 radical (unpaired) electrons. The van der Waals surface area contributed by atoms with Crippen LogP contribution in [0.2, 0.25) is 0 Å². The van der Waals surface area contributed by atoms with E-state index in [4.69, 9.17) is 0 Å². The summed E-state index contributed by atoms with van der Waals surface area (Å²) in [5, 5.41) is 5.86. The Morgan fingerprint density at radius 3 is 2.94 bits per heavy atom. The molecule has 2 aromatic rings. The Kier molecular flexibility index (Phi) is 2.56. The maximum atomic E-state index is 4.42.